The number of amidine groups is 1. The lowest BCUT2D eigenvalue weighted by atomic mass is 10.5. The molecule has 92 valence electrons. The van der Waals surface area contributed by atoms with Crippen LogP contribution in [-0.2, 0) is 4.74 Å². The van der Waals surface area contributed by atoms with Gasteiger partial charge < -0.3 is 9.64 Å². The summed E-state index contributed by atoms with van der Waals surface area (Å²) >= 11 is 4.91. The fourth-order valence-electron chi connectivity index (χ4n) is 1.18. The van der Waals surface area contributed by atoms with Crippen LogP contribution in [0.25, 0.3) is 0 Å². The minimum atomic E-state index is -0.566. The van der Waals surface area contributed by atoms with E-state index in [0.717, 1.165) is 18.9 Å². The standard InChI is InChI=1S/C10H19N3O2S/c1-5-13(6-2)8(4)11-9(16)12-10(14)15-7-3/h5-7H2,1-4H3,(H,12,14,16)/b11-8+. The van der Waals surface area contributed by atoms with Gasteiger partial charge in [-0.2, -0.15) is 0 Å². The van der Waals surface area contributed by atoms with Gasteiger partial charge in [-0.1, -0.05) is 0 Å². The van der Waals surface area contributed by atoms with Crippen LogP contribution in [0.5, 0.6) is 0 Å². The van der Waals surface area contributed by atoms with Crippen LogP contribution in [-0.4, -0.2) is 41.6 Å². The Labute approximate surface area is 102 Å². The molecular weight excluding hydrogens is 226 g/mol. The Hall–Kier alpha value is -1.17. The van der Waals surface area contributed by atoms with Crippen molar-refractivity contribution in [2.45, 2.75) is 27.7 Å². The monoisotopic (exact) mass is 245 g/mol. The lowest BCUT2D eigenvalue weighted by Gasteiger charge is -2.19. The van der Waals surface area contributed by atoms with Crippen LogP contribution in [0.3, 0.4) is 0 Å². The van der Waals surface area contributed by atoms with Crippen LogP contribution in [0, 0.1) is 0 Å². The SMILES string of the molecule is CCOC(=O)NC(=S)/N=C(\C)N(CC)CC. The number of ether oxygens (including phenoxy) is 1. The summed E-state index contributed by atoms with van der Waals surface area (Å²) in [6.45, 7) is 9.67. The highest BCUT2D eigenvalue weighted by Gasteiger charge is 2.06. The van der Waals surface area contributed by atoms with E-state index in [1.807, 2.05) is 25.7 Å². The zero-order valence-electron chi connectivity index (χ0n) is 10.2. The summed E-state index contributed by atoms with van der Waals surface area (Å²) in [5.41, 5.74) is 0. The fourth-order valence-corrected chi connectivity index (χ4v) is 1.40. The van der Waals surface area contributed by atoms with E-state index in [4.69, 9.17) is 12.2 Å². The van der Waals surface area contributed by atoms with Crippen LogP contribution in [0.4, 0.5) is 4.79 Å². The molecule has 0 fully saturated rings. The highest BCUT2D eigenvalue weighted by molar-refractivity contribution is 7.80. The molecule has 0 radical (unpaired) electrons. The number of carbonyl (C=O) groups is 1. The summed E-state index contributed by atoms with van der Waals surface area (Å²) in [4.78, 5) is 17.2. The van der Waals surface area contributed by atoms with Gasteiger partial charge in [0.2, 0.25) is 5.11 Å². The van der Waals surface area contributed by atoms with Gasteiger partial charge in [-0.05, 0) is 39.9 Å². The topological polar surface area (TPSA) is 53.9 Å². The minimum Gasteiger partial charge on any atom is -0.450 e. The Morgan fingerprint density at radius 2 is 1.94 bits per heavy atom. The first kappa shape index (κ1) is 14.8. The smallest absolute Gasteiger partial charge is 0.413 e. The molecule has 0 aromatic rings. The third kappa shape index (κ3) is 5.65. The average Bonchev–Trinajstić information content (AvgIpc) is 2.19. The molecule has 6 heteroatoms. The lowest BCUT2D eigenvalue weighted by molar-refractivity contribution is 0.158. The van der Waals surface area contributed by atoms with Crippen LogP contribution < -0.4 is 5.32 Å². The Balaban J connectivity index is 4.30. The van der Waals surface area contributed by atoms with Gasteiger partial charge in [0.1, 0.15) is 5.84 Å². The van der Waals surface area contributed by atoms with Crippen molar-refractivity contribution >= 4 is 29.3 Å². The van der Waals surface area contributed by atoms with E-state index >= 15 is 0 Å². The second-order valence-electron chi connectivity index (χ2n) is 2.98. The van der Waals surface area contributed by atoms with Crippen LogP contribution in [0.2, 0.25) is 0 Å². The molecule has 5 nitrogen and oxygen atoms in total. The van der Waals surface area contributed by atoms with E-state index in [0.29, 0.717) is 6.61 Å². The molecule has 0 aliphatic rings. The molecule has 0 aromatic carbocycles. The third-order valence-electron chi connectivity index (χ3n) is 1.97. The summed E-state index contributed by atoms with van der Waals surface area (Å²) in [6.07, 6.45) is -0.566. The van der Waals surface area contributed by atoms with Gasteiger partial charge in [-0.3, -0.25) is 5.32 Å². The summed E-state index contributed by atoms with van der Waals surface area (Å²) in [5.74, 6) is 0.784. The first-order chi connectivity index (χ1) is 7.54. The van der Waals surface area contributed by atoms with Gasteiger partial charge in [-0.25, -0.2) is 9.79 Å². The van der Waals surface area contributed by atoms with Crippen molar-refractivity contribution in [2.24, 2.45) is 4.99 Å². The predicted octanol–water partition coefficient (Wildman–Crippen LogP) is 1.78. The lowest BCUT2D eigenvalue weighted by Crippen LogP contribution is -2.33. The molecule has 0 bridgehead atoms. The number of nitrogens with one attached hydrogen (secondary N) is 1. The summed E-state index contributed by atoms with van der Waals surface area (Å²) in [6, 6.07) is 0. The van der Waals surface area contributed by atoms with E-state index in [-0.39, 0.29) is 5.11 Å². The molecule has 0 atom stereocenters. The number of carbonyl (C=O) groups excluding carboxylic acids is 1. The van der Waals surface area contributed by atoms with Gasteiger partial charge in [0.05, 0.1) is 6.61 Å². The van der Waals surface area contributed by atoms with Crippen molar-refractivity contribution in [3.8, 4) is 0 Å². The summed E-state index contributed by atoms with van der Waals surface area (Å²) in [7, 11) is 0. The Bertz CT molecular complexity index is 275. The Kier molecular flexibility index (Phi) is 7.45. The van der Waals surface area contributed by atoms with E-state index in [9.17, 15) is 4.79 Å². The normalized spacial score (nSPS) is 10.9. The zero-order chi connectivity index (χ0) is 12.6. The molecular formula is C10H19N3O2S. The highest BCUT2D eigenvalue weighted by atomic mass is 32.1. The van der Waals surface area contributed by atoms with E-state index < -0.39 is 6.09 Å². The first-order valence-electron chi connectivity index (χ1n) is 5.33. The van der Waals surface area contributed by atoms with Crippen molar-refractivity contribution in [3.63, 3.8) is 0 Å². The number of nitrogens with zero attached hydrogens (tertiary/aromatic N) is 2. The van der Waals surface area contributed by atoms with Crippen molar-refractivity contribution in [1.29, 1.82) is 0 Å². The number of thiocarbonyl (C=S) groups is 1. The fraction of sp³-hybridized carbons (Fsp3) is 0.700. The molecule has 0 aliphatic heterocycles. The van der Waals surface area contributed by atoms with E-state index in [2.05, 4.69) is 15.0 Å². The maximum Gasteiger partial charge on any atom is 0.413 e. The zero-order valence-corrected chi connectivity index (χ0v) is 11.1. The number of alkyl carbamates (subject to hydrolysis) is 1. The third-order valence-corrected chi connectivity index (χ3v) is 2.16. The highest BCUT2D eigenvalue weighted by Crippen LogP contribution is 1.92. The van der Waals surface area contributed by atoms with Gasteiger partial charge in [0, 0.05) is 13.1 Å². The number of hydrogen-bond donors (Lipinski definition) is 1. The molecule has 0 aromatic heterocycles. The number of hydrogen-bond acceptors (Lipinski definition) is 3. The molecule has 0 saturated heterocycles. The quantitative estimate of drug-likeness (QED) is 0.468. The molecule has 0 heterocycles. The first-order valence-corrected chi connectivity index (χ1v) is 5.73. The maximum atomic E-state index is 11.0. The van der Waals surface area contributed by atoms with Crippen molar-refractivity contribution in [3.05, 3.63) is 0 Å². The maximum absolute atomic E-state index is 11.0. The summed E-state index contributed by atoms with van der Waals surface area (Å²) in [5, 5.41) is 2.50. The second-order valence-corrected chi connectivity index (χ2v) is 3.37. The molecule has 16 heavy (non-hydrogen) atoms. The molecule has 1 N–H and O–H groups in total. The van der Waals surface area contributed by atoms with Gasteiger partial charge in [0.25, 0.3) is 0 Å². The number of amides is 1. The van der Waals surface area contributed by atoms with Crippen molar-refractivity contribution in [2.75, 3.05) is 19.7 Å². The van der Waals surface area contributed by atoms with Crippen LogP contribution in [0.15, 0.2) is 4.99 Å². The molecule has 0 saturated carbocycles. The second kappa shape index (κ2) is 8.04. The molecule has 0 spiro atoms. The van der Waals surface area contributed by atoms with Crippen molar-refractivity contribution < 1.29 is 9.53 Å². The predicted molar refractivity (Wildman–Crippen MR) is 68.8 cm³/mol. The summed E-state index contributed by atoms with van der Waals surface area (Å²) < 4.78 is 4.69. The van der Waals surface area contributed by atoms with E-state index in [1.54, 1.807) is 6.92 Å². The van der Waals surface area contributed by atoms with Gasteiger partial charge in [0.15, 0.2) is 0 Å². The Morgan fingerprint density at radius 3 is 2.38 bits per heavy atom. The molecule has 0 aliphatic carbocycles. The molecule has 0 rings (SSSR count). The largest absolute Gasteiger partial charge is 0.450 e. The average molecular weight is 245 g/mol. The van der Waals surface area contributed by atoms with Gasteiger partial charge in [-0.15, -0.1) is 0 Å². The molecule has 1 amide bonds. The van der Waals surface area contributed by atoms with Crippen LogP contribution in [0.1, 0.15) is 27.7 Å². The van der Waals surface area contributed by atoms with Crippen LogP contribution >= 0.6 is 12.2 Å². The number of aliphatic imine (C=N–C) groups is 1. The minimum absolute atomic E-state index is 0.128. The molecule has 0 unspecified atom stereocenters. The number of rotatable bonds is 3. The van der Waals surface area contributed by atoms with E-state index in [1.165, 1.54) is 0 Å². The van der Waals surface area contributed by atoms with Gasteiger partial charge >= 0.3 is 6.09 Å². The van der Waals surface area contributed by atoms with Crippen molar-refractivity contribution in [1.82, 2.24) is 10.2 Å². The Morgan fingerprint density at radius 1 is 1.38 bits per heavy atom.